The average Bonchev–Trinajstić information content (AvgIpc) is 2.17. The Bertz CT molecular complexity index is 463. The molecule has 1 rings (SSSR count). The van der Waals surface area contributed by atoms with E-state index in [1.165, 1.54) is 12.1 Å². The van der Waals surface area contributed by atoms with E-state index in [1.807, 2.05) is 6.92 Å². The van der Waals surface area contributed by atoms with Gasteiger partial charge in [-0.25, -0.2) is 0 Å². The number of hydrogen-bond donors (Lipinski definition) is 1. The van der Waals surface area contributed by atoms with Crippen LogP contribution < -0.4 is 5.73 Å². The number of nitrogens with two attached hydrogens (primary N) is 1. The van der Waals surface area contributed by atoms with Crippen molar-refractivity contribution in [2.75, 3.05) is 6.26 Å². The Labute approximate surface area is 93.6 Å². The van der Waals surface area contributed by atoms with Gasteiger partial charge in [0.2, 0.25) is 0 Å². The highest BCUT2D eigenvalue weighted by atomic mass is 32.2. The second-order valence-corrected chi connectivity index (χ2v) is 5.35. The maximum atomic E-state index is 11.6. The zero-order valence-electron chi connectivity index (χ0n) is 8.47. The van der Waals surface area contributed by atoms with E-state index >= 15 is 0 Å². The van der Waals surface area contributed by atoms with E-state index in [-0.39, 0.29) is 10.1 Å². The summed E-state index contributed by atoms with van der Waals surface area (Å²) in [5.41, 5.74) is 6.36. The predicted molar refractivity (Wildman–Crippen MR) is 63.5 cm³/mol. The van der Waals surface area contributed by atoms with E-state index in [0.29, 0.717) is 0 Å². The van der Waals surface area contributed by atoms with Crippen molar-refractivity contribution >= 4 is 27.0 Å². The first kappa shape index (κ1) is 12.1. The second-order valence-electron chi connectivity index (χ2n) is 2.92. The van der Waals surface area contributed by atoms with E-state index in [2.05, 4.69) is 4.40 Å². The van der Waals surface area contributed by atoms with E-state index in [1.54, 1.807) is 18.4 Å². The fourth-order valence-corrected chi connectivity index (χ4v) is 2.33. The molecule has 0 saturated carbocycles. The molecule has 4 nitrogen and oxygen atoms in total. The van der Waals surface area contributed by atoms with Crippen LogP contribution in [0.3, 0.4) is 0 Å². The Hall–Kier alpha value is -1.01. The average molecular weight is 244 g/mol. The van der Waals surface area contributed by atoms with Crippen molar-refractivity contribution in [1.29, 1.82) is 0 Å². The van der Waals surface area contributed by atoms with Gasteiger partial charge < -0.3 is 5.73 Å². The van der Waals surface area contributed by atoms with Crippen LogP contribution in [-0.4, -0.2) is 19.8 Å². The van der Waals surface area contributed by atoms with Crippen molar-refractivity contribution in [3.8, 4) is 0 Å². The molecular formula is C9H12N2O2S2. The Balaban J connectivity index is 3.13. The number of hydrogen-bond acceptors (Lipinski definition) is 3. The molecule has 15 heavy (non-hydrogen) atoms. The lowest BCUT2D eigenvalue weighted by molar-refractivity contribution is 0.598. The third-order valence-electron chi connectivity index (χ3n) is 1.74. The van der Waals surface area contributed by atoms with Gasteiger partial charge in [-0.05, 0) is 25.3 Å². The van der Waals surface area contributed by atoms with Gasteiger partial charge in [0, 0.05) is 0 Å². The van der Waals surface area contributed by atoms with Crippen LogP contribution in [0.2, 0.25) is 0 Å². The number of rotatable bonds is 2. The van der Waals surface area contributed by atoms with Gasteiger partial charge in [0.15, 0.2) is 5.17 Å². The van der Waals surface area contributed by atoms with E-state index < -0.39 is 10.0 Å². The van der Waals surface area contributed by atoms with Gasteiger partial charge in [0.25, 0.3) is 10.0 Å². The molecule has 0 atom stereocenters. The van der Waals surface area contributed by atoms with Gasteiger partial charge in [0.05, 0.1) is 4.90 Å². The molecular weight excluding hydrogens is 232 g/mol. The van der Waals surface area contributed by atoms with Crippen molar-refractivity contribution in [2.24, 2.45) is 10.1 Å². The number of benzene rings is 1. The Morgan fingerprint density at radius 1 is 1.33 bits per heavy atom. The number of nitrogens with zero attached hydrogens (tertiary/aromatic N) is 1. The second kappa shape index (κ2) is 4.67. The van der Waals surface area contributed by atoms with E-state index in [4.69, 9.17) is 5.73 Å². The smallest absolute Gasteiger partial charge is 0.284 e. The van der Waals surface area contributed by atoms with Crippen molar-refractivity contribution < 1.29 is 8.42 Å². The van der Waals surface area contributed by atoms with Crippen LogP contribution >= 0.6 is 11.8 Å². The SMILES string of the molecule is CS/C(N)=N\S(=O)(=O)c1ccc(C)cc1. The summed E-state index contributed by atoms with van der Waals surface area (Å²) in [6.45, 7) is 1.88. The summed E-state index contributed by atoms with van der Waals surface area (Å²) in [5, 5.41) is 0.0376. The zero-order chi connectivity index (χ0) is 11.5. The molecule has 0 saturated heterocycles. The predicted octanol–water partition coefficient (Wildman–Crippen LogP) is 1.36. The molecule has 0 aliphatic carbocycles. The summed E-state index contributed by atoms with van der Waals surface area (Å²) < 4.78 is 26.7. The number of aryl methyl sites for hydroxylation is 1. The summed E-state index contributed by atoms with van der Waals surface area (Å²) in [6, 6.07) is 6.47. The minimum Gasteiger partial charge on any atom is -0.378 e. The molecule has 1 aromatic carbocycles. The first-order chi connectivity index (χ1) is 6.95. The molecule has 2 N–H and O–H groups in total. The van der Waals surface area contributed by atoms with Crippen LogP contribution in [0.5, 0.6) is 0 Å². The normalized spacial score (nSPS) is 12.8. The maximum Gasteiger partial charge on any atom is 0.284 e. The van der Waals surface area contributed by atoms with Crippen LogP contribution in [0, 0.1) is 6.92 Å². The molecule has 0 aromatic heterocycles. The van der Waals surface area contributed by atoms with Crippen molar-refractivity contribution in [3.63, 3.8) is 0 Å². The lowest BCUT2D eigenvalue weighted by Crippen LogP contribution is -2.09. The minimum atomic E-state index is -3.65. The van der Waals surface area contributed by atoms with Crippen LogP contribution in [0.4, 0.5) is 0 Å². The Kier molecular flexibility index (Phi) is 3.76. The highest BCUT2D eigenvalue weighted by Gasteiger charge is 2.12. The third kappa shape index (κ3) is 3.24. The summed E-state index contributed by atoms with van der Waals surface area (Å²) in [6.07, 6.45) is 1.67. The van der Waals surface area contributed by atoms with E-state index in [0.717, 1.165) is 17.3 Å². The summed E-state index contributed by atoms with van der Waals surface area (Å²) in [4.78, 5) is 0.158. The van der Waals surface area contributed by atoms with E-state index in [9.17, 15) is 8.42 Å². The lowest BCUT2D eigenvalue weighted by atomic mass is 10.2. The first-order valence-electron chi connectivity index (χ1n) is 4.17. The van der Waals surface area contributed by atoms with Crippen LogP contribution in [0.1, 0.15) is 5.56 Å². The molecule has 0 unspecified atom stereocenters. The number of thioether (sulfide) groups is 1. The molecule has 0 radical (unpaired) electrons. The Morgan fingerprint density at radius 3 is 2.33 bits per heavy atom. The van der Waals surface area contributed by atoms with Gasteiger partial charge in [-0.15, -0.1) is 4.40 Å². The highest BCUT2D eigenvalue weighted by Crippen LogP contribution is 2.13. The molecule has 0 aliphatic rings. The van der Waals surface area contributed by atoms with Gasteiger partial charge in [-0.3, -0.25) is 0 Å². The van der Waals surface area contributed by atoms with Gasteiger partial charge in [-0.2, -0.15) is 8.42 Å². The van der Waals surface area contributed by atoms with Gasteiger partial charge in [-0.1, -0.05) is 29.5 Å². The first-order valence-corrected chi connectivity index (χ1v) is 6.83. The number of sulfonamides is 1. The fourth-order valence-electron chi connectivity index (χ4n) is 0.919. The van der Waals surface area contributed by atoms with Gasteiger partial charge >= 0.3 is 0 Å². The van der Waals surface area contributed by atoms with Crippen molar-refractivity contribution in [2.45, 2.75) is 11.8 Å². The largest absolute Gasteiger partial charge is 0.378 e. The van der Waals surface area contributed by atoms with Crippen LogP contribution in [0.15, 0.2) is 33.6 Å². The van der Waals surface area contributed by atoms with Crippen molar-refractivity contribution in [3.05, 3.63) is 29.8 Å². The zero-order valence-corrected chi connectivity index (χ0v) is 10.1. The molecule has 0 amide bonds. The standard InChI is InChI=1S/C9H12N2O2S2/c1-7-3-5-8(6-4-7)15(12,13)11-9(10)14-2/h3-6H,1-2H3,(H2,10,11). The van der Waals surface area contributed by atoms with Crippen molar-refractivity contribution in [1.82, 2.24) is 0 Å². The summed E-state index contributed by atoms with van der Waals surface area (Å²) in [5.74, 6) is 0. The lowest BCUT2D eigenvalue weighted by Gasteiger charge is -2.00. The summed E-state index contributed by atoms with van der Waals surface area (Å²) >= 11 is 1.10. The molecule has 0 fully saturated rings. The molecule has 6 heteroatoms. The Morgan fingerprint density at radius 2 is 1.87 bits per heavy atom. The molecule has 1 aromatic rings. The number of amidine groups is 1. The molecule has 0 aliphatic heterocycles. The molecule has 0 heterocycles. The summed E-state index contributed by atoms with van der Waals surface area (Å²) in [7, 11) is -3.65. The third-order valence-corrected chi connectivity index (χ3v) is 3.67. The minimum absolute atomic E-state index is 0.0376. The fraction of sp³-hybridized carbons (Fsp3) is 0.222. The molecule has 82 valence electrons. The van der Waals surface area contributed by atoms with Crippen LogP contribution in [0.25, 0.3) is 0 Å². The van der Waals surface area contributed by atoms with Gasteiger partial charge in [0.1, 0.15) is 0 Å². The monoisotopic (exact) mass is 244 g/mol. The topological polar surface area (TPSA) is 72.5 Å². The molecule has 0 bridgehead atoms. The molecule has 0 spiro atoms. The maximum absolute atomic E-state index is 11.6. The highest BCUT2D eigenvalue weighted by molar-refractivity contribution is 8.13. The quantitative estimate of drug-likeness (QED) is 0.630. The van der Waals surface area contributed by atoms with Crippen LogP contribution in [-0.2, 0) is 10.0 Å².